The van der Waals surface area contributed by atoms with E-state index in [1.807, 2.05) is 30.3 Å². The average Bonchev–Trinajstić information content (AvgIpc) is 2.87. The maximum absolute atomic E-state index is 10.2. The van der Waals surface area contributed by atoms with E-state index >= 15 is 0 Å². The lowest BCUT2D eigenvalue weighted by Gasteiger charge is -2.38. The number of aliphatic hydroxyl groups is 1. The van der Waals surface area contributed by atoms with Gasteiger partial charge in [-0.3, -0.25) is 0 Å². The van der Waals surface area contributed by atoms with Crippen LogP contribution < -0.4 is 5.59 Å². The maximum atomic E-state index is 10.2. The van der Waals surface area contributed by atoms with Crippen molar-refractivity contribution in [1.29, 1.82) is 0 Å². The molecule has 0 amide bonds. The monoisotopic (exact) mass is 288 g/mol. The Hall–Kier alpha value is -1.63. The van der Waals surface area contributed by atoms with Gasteiger partial charge in [0.1, 0.15) is 0 Å². The third-order valence-electron chi connectivity index (χ3n) is 3.76. The van der Waals surface area contributed by atoms with Crippen molar-refractivity contribution in [2.24, 2.45) is 0 Å². The lowest BCUT2D eigenvalue weighted by molar-refractivity contribution is -0.0983. The van der Waals surface area contributed by atoms with Crippen LogP contribution in [-0.2, 0) is 4.65 Å². The lowest BCUT2D eigenvalue weighted by atomic mass is 9.80. The molecule has 0 saturated heterocycles. The Bertz CT molecular complexity index is 590. The number of hydrogen-bond acceptors (Lipinski definition) is 4. The van der Waals surface area contributed by atoms with Gasteiger partial charge in [0.25, 0.3) is 0 Å². The van der Waals surface area contributed by atoms with Crippen LogP contribution >= 0.6 is 0 Å². The molecule has 0 radical (unpaired) electrons. The van der Waals surface area contributed by atoms with Gasteiger partial charge in [0.2, 0.25) is 0 Å². The molecule has 0 atom stereocenters. The van der Waals surface area contributed by atoms with E-state index in [1.165, 1.54) is 0 Å². The number of rotatable bonds is 5. The van der Waals surface area contributed by atoms with E-state index < -0.39 is 18.3 Å². The van der Waals surface area contributed by atoms with Crippen LogP contribution in [-0.4, -0.2) is 38.2 Å². The number of para-hydroxylation sites is 1. The summed E-state index contributed by atoms with van der Waals surface area (Å²) < 4.78 is 7.23. The zero-order valence-corrected chi connectivity index (χ0v) is 12.8. The molecule has 6 heteroatoms. The molecule has 2 N–H and O–H groups in total. The summed E-state index contributed by atoms with van der Waals surface area (Å²) in [4.78, 5) is 0. The summed E-state index contributed by atoms with van der Waals surface area (Å²) in [5.41, 5.74) is -0.701. The molecule has 2 rings (SSSR count). The zero-order chi connectivity index (χ0) is 15.7. The van der Waals surface area contributed by atoms with Crippen LogP contribution in [0.1, 0.15) is 27.7 Å². The van der Waals surface area contributed by atoms with Crippen molar-refractivity contribution in [3.63, 3.8) is 0 Å². The van der Waals surface area contributed by atoms with Crippen molar-refractivity contribution in [2.45, 2.75) is 38.9 Å². The summed E-state index contributed by atoms with van der Waals surface area (Å²) in [7, 11) is -1.20. The summed E-state index contributed by atoms with van der Waals surface area (Å²) in [6, 6.07) is 11.3. The van der Waals surface area contributed by atoms with Gasteiger partial charge in [-0.25, -0.2) is 4.68 Å². The van der Waals surface area contributed by atoms with Crippen LogP contribution in [0.2, 0.25) is 0 Å². The summed E-state index contributed by atoms with van der Waals surface area (Å²) in [5.74, 6) is 0. The molecular weight excluding hydrogens is 267 g/mol. The minimum absolute atomic E-state index is 0.399. The van der Waals surface area contributed by atoms with E-state index in [9.17, 15) is 10.1 Å². The largest absolute Gasteiger partial charge is 0.513 e. The minimum Gasteiger partial charge on any atom is -0.422 e. The van der Waals surface area contributed by atoms with Gasteiger partial charge in [0, 0.05) is 6.20 Å². The van der Waals surface area contributed by atoms with Gasteiger partial charge in [-0.2, -0.15) is 5.10 Å². The molecule has 0 aliphatic heterocycles. The second-order valence-electron chi connectivity index (χ2n) is 6.06. The molecule has 0 fully saturated rings. The first kappa shape index (κ1) is 15.8. The van der Waals surface area contributed by atoms with Crippen LogP contribution in [0.4, 0.5) is 0 Å². The van der Waals surface area contributed by atoms with E-state index in [4.69, 9.17) is 4.65 Å². The Morgan fingerprint density at radius 1 is 1.10 bits per heavy atom. The highest BCUT2D eigenvalue weighted by Crippen LogP contribution is 2.25. The Morgan fingerprint density at radius 2 is 1.71 bits per heavy atom. The van der Waals surface area contributed by atoms with Crippen molar-refractivity contribution in [3.8, 4) is 5.69 Å². The zero-order valence-electron chi connectivity index (χ0n) is 12.8. The summed E-state index contributed by atoms with van der Waals surface area (Å²) in [5, 5.41) is 24.5. The van der Waals surface area contributed by atoms with E-state index in [0.29, 0.717) is 5.59 Å². The van der Waals surface area contributed by atoms with Crippen LogP contribution in [0.5, 0.6) is 0 Å². The van der Waals surface area contributed by atoms with Crippen LogP contribution in [0.15, 0.2) is 42.6 Å². The average molecular weight is 288 g/mol. The van der Waals surface area contributed by atoms with Crippen LogP contribution in [0.3, 0.4) is 0 Å². The van der Waals surface area contributed by atoms with Crippen molar-refractivity contribution in [1.82, 2.24) is 9.78 Å². The van der Waals surface area contributed by atoms with Gasteiger partial charge in [0.05, 0.1) is 22.5 Å². The lowest BCUT2D eigenvalue weighted by Crippen LogP contribution is -2.53. The first-order valence-electron chi connectivity index (χ1n) is 6.90. The molecule has 21 heavy (non-hydrogen) atoms. The quantitative estimate of drug-likeness (QED) is 0.809. The predicted octanol–water partition coefficient (Wildman–Crippen LogP) is 1.13. The molecule has 1 aromatic carbocycles. The molecule has 1 heterocycles. The van der Waals surface area contributed by atoms with Crippen molar-refractivity contribution >= 4 is 12.7 Å². The molecule has 0 aliphatic carbocycles. The second-order valence-corrected chi connectivity index (χ2v) is 6.06. The number of nitrogens with zero attached hydrogens (tertiary/aromatic N) is 2. The van der Waals surface area contributed by atoms with Gasteiger partial charge < -0.3 is 14.8 Å². The third kappa shape index (κ3) is 3.53. The normalized spacial score (nSPS) is 12.5. The molecule has 0 unspecified atom stereocenters. The summed E-state index contributed by atoms with van der Waals surface area (Å²) in [6.07, 6.45) is 1.76. The minimum atomic E-state index is -1.20. The summed E-state index contributed by atoms with van der Waals surface area (Å²) in [6.45, 7) is 6.74. The van der Waals surface area contributed by atoms with Gasteiger partial charge in [-0.1, -0.05) is 18.2 Å². The number of hydrogen-bond donors (Lipinski definition) is 2. The highest BCUT2D eigenvalue weighted by Gasteiger charge is 2.40. The predicted molar refractivity (Wildman–Crippen MR) is 82.6 cm³/mol. The SMILES string of the molecule is CC(C)(O)C(C)(C)OB(O)c1ccn(-c2ccccc2)n1. The fourth-order valence-corrected chi connectivity index (χ4v) is 1.68. The fourth-order valence-electron chi connectivity index (χ4n) is 1.68. The van der Waals surface area contributed by atoms with Gasteiger partial charge in [-0.05, 0) is 45.9 Å². The van der Waals surface area contributed by atoms with E-state index in [1.54, 1.807) is 44.6 Å². The van der Waals surface area contributed by atoms with E-state index in [0.717, 1.165) is 5.69 Å². The smallest absolute Gasteiger partial charge is 0.422 e. The van der Waals surface area contributed by atoms with Crippen LogP contribution in [0, 0.1) is 0 Å². The molecule has 0 saturated carbocycles. The number of benzene rings is 1. The third-order valence-corrected chi connectivity index (χ3v) is 3.76. The fraction of sp³-hybridized carbons (Fsp3) is 0.400. The highest BCUT2D eigenvalue weighted by atomic mass is 16.5. The molecule has 0 aliphatic rings. The highest BCUT2D eigenvalue weighted by molar-refractivity contribution is 6.59. The molecule has 112 valence electrons. The van der Waals surface area contributed by atoms with Gasteiger partial charge in [0.15, 0.2) is 0 Å². The topological polar surface area (TPSA) is 67.5 Å². The Labute approximate surface area is 125 Å². The Balaban J connectivity index is 2.15. The maximum Gasteiger partial charge on any atom is 0.513 e. The molecule has 0 spiro atoms. The standard InChI is InChI=1S/C15H21BN2O3/c1-14(2,19)15(3,4)21-16(20)13-10-11-18(17-13)12-8-6-5-7-9-12/h5-11,19-20H,1-4H3. The van der Waals surface area contributed by atoms with E-state index in [2.05, 4.69) is 5.10 Å². The number of aromatic nitrogens is 2. The Morgan fingerprint density at radius 3 is 2.29 bits per heavy atom. The van der Waals surface area contributed by atoms with Crippen molar-refractivity contribution in [3.05, 3.63) is 42.6 Å². The van der Waals surface area contributed by atoms with E-state index in [-0.39, 0.29) is 0 Å². The van der Waals surface area contributed by atoms with Crippen LogP contribution in [0.25, 0.3) is 5.69 Å². The first-order chi connectivity index (χ1) is 9.71. The summed E-state index contributed by atoms with van der Waals surface area (Å²) >= 11 is 0. The first-order valence-corrected chi connectivity index (χ1v) is 6.90. The molecule has 5 nitrogen and oxygen atoms in total. The molecule has 1 aromatic heterocycles. The second kappa shape index (κ2) is 5.64. The van der Waals surface area contributed by atoms with Crippen molar-refractivity contribution in [2.75, 3.05) is 0 Å². The molecule has 0 bridgehead atoms. The Kier molecular flexibility index (Phi) is 4.23. The van der Waals surface area contributed by atoms with Gasteiger partial charge >= 0.3 is 7.12 Å². The van der Waals surface area contributed by atoms with Gasteiger partial charge in [-0.15, -0.1) is 0 Å². The van der Waals surface area contributed by atoms with Crippen molar-refractivity contribution < 1.29 is 14.8 Å². The molecular formula is C15H21BN2O3. The molecule has 2 aromatic rings.